The summed E-state index contributed by atoms with van der Waals surface area (Å²) in [6.07, 6.45) is 0.151. The summed E-state index contributed by atoms with van der Waals surface area (Å²) in [5, 5.41) is 12.5. The molecular weight excluding hydrogens is 214 g/mol. The maximum Gasteiger partial charge on any atom is 0.240 e. The lowest BCUT2D eigenvalue weighted by Gasteiger charge is -2.20. The minimum atomic E-state index is -0.321. The Hall–Kier alpha value is -2.15. The fraction of sp³-hybridized carbons (Fsp3) is 0.308. The van der Waals surface area contributed by atoms with Crippen LogP contribution in [-0.2, 0) is 11.8 Å². The summed E-state index contributed by atoms with van der Waals surface area (Å²) in [6.45, 7) is 4.06. The van der Waals surface area contributed by atoms with Crippen LogP contribution in [-0.4, -0.2) is 10.1 Å². The Labute approximate surface area is 99.9 Å². The van der Waals surface area contributed by atoms with E-state index in [0.29, 0.717) is 11.7 Å². The van der Waals surface area contributed by atoms with Gasteiger partial charge in [0.1, 0.15) is 6.42 Å². The molecule has 0 aliphatic heterocycles. The van der Waals surface area contributed by atoms with E-state index in [0.717, 1.165) is 5.56 Å². The molecule has 1 aromatic carbocycles. The second-order valence-electron chi connectivity index (χ2n) is 4.34. The van der Waals surface area contributed by atoms with E-state index >= 15 is 0 Å². The Balaban J connectivity index is 2.35. The molecule has 0 saturated heterocycles. The molecule has 0 atom stereocenters. The summed E-state index contributed by atoms with van der Waals surface area (Å²) < 4.78 is 5.03. The molecule has 2 rings (SSSR count). The summed E-state index contributed by atoms with van der Waals surface area (Å²) >= 11 is 0. The van der Waals surface area contributed by atoms with E-state index in [2.05, 4.69) is 10.1 Å². The lowest BCUT2D eigenvalue weighted by atomic mass is 9.84. The number of hydrogen-bond acceptors (Lipinski definition) is 4. The van der Waals surface area contributed by atoms with Gasteiger partial charge < -0.3 is 4.52 Å². The van der Waals surface area contributed by atoms with Gasteiger partial charge in [0.15, 0.2) is 5.82 Å². The number of rotatable bonds is 3. The molecule has 0 saturated carbocycles. The van der Waals surface area contributed by atoms with Crippen LogP contribution in [0.2, 0.25) is 0 Å². The van der Waals surface area contributed by atoms with Gasteiger partial charge in [0.25, 0.3) is 0 Å². The lowest BCUT2D eigenvalue weighted by Crippen LogP contribution is -2.20. The van der Waals surface area contributed by atoms with Crippen molar-refractivity contribution in [1.82, 2.24) is 10.1 Å². The van der Waals surface area contributed by atoms with Gasteiger partial charge in [-0.05, 0) is 19.4 Å². The topological polar surface area (TPSA) is 62.7 Å². The third-order valence-corrected chi connectivity index (χ3v) is 2.75. The summed E-state index contributed by atoms with van der Waals surface area (Å²) in [6, 6.07) is 12.0. The zero-order chi connectivity index (χ0) is 12.3. The first-order chi connectivity index (χ1) is 8.14. The second kappa shape index (κ2) is 4.38. The number of nitrogens with zero attached hydrogens (tertiary/aromatic N) is 3. The number of nitriles is 1. The van der Waals surface area contributed by atoms with E-state index in [1.54, 1.807) is 0 Å². The van der Waals surface area contributed by atoms with Crippen molar-refractivity contribution >= 4 is 0 Å². The van der Waals surface area contributed by atoms with Crippen molar-refractivity contribution in [3.05, 3.63) is 47.6 Å². The number of hydrogen-bond donors (Lipinski definition) is 0. The van der Waals surface area contributed by atoms with Gasteiger partial charge in [0, 0.05) is 0 Å². The highest BCUT2D eigenvalue weighted by atomic mass is 16.5. The van der Waals surface area contributed by atoms with Crippen LogP contribution in [0.4, 0.5) is 0 Å². The third-order valence-electron chi connectivity index (χ3n) is 2.75. The van der Waals surface area contributed by atoms with Crippen molar-refractivity contribution in [3.8, 4) is 6.07 Å². The van der Waals surface area contributed by atoms with Gasteiger partial charge >= 0.3 is 0 Å². The van der Waals surface area contributed by atoms with Gasteiger partial charge in [0.2, 0.25) is 5.89 Å². The quantitative estimate of drug-likeness (QED) is 0.808. The molecule has 0 spiro atoms. The van der Waals surface area contributed by atoms with Crippen LogP contribution in [0.3, 0.4) is 0 Å². The predicted molar refractivity (Wildman–Crippen MR) is 62.2 cm³/mol. The summed E-state index contributed by atoms with van der Waals surface area (Å²) in [5.74, 6) is 0.973. The van der Waals surface area contributed by atoms with Gasteiger partial charge in [-0.2, -0.15) is 10.2 Å². The largest absolute Gasteiger partial charge is 0.338 e. The van der Waals surface area contributed by atoms with Crippen LogP contribution in [0.25, 0.3) is 0 Å². The summed E-state index contributed by atoms with van der Waals surface area (Å²) in [4.78, 5) is 4.25. The van der Waals surface area contributed by atoms with Crippen molar-refractivity contribution < 1.29 is 4.52 Å². The highest BCUT2D eigenvalue weighted by Gasteiger charge is 2.28. The molecule has 0 bridgehead atoms. The molecule has 86 valence electrons. The van der Waals surface area contributed by atoms with Crippen LogP contribution in [0.15, 0.2) is 34.9 Å². The molecule has 0 fully saturated rings. The van der Waals surface area contributed by atoms with E-state index < -0.39 is 0 Å². The van der Waals surface area contributed by atoms with Gasteiger partial charge in [-0.1, -0.05) is 35.5 Å². The minimum Gasteiger partial charge on any atom is -0.338 e. The number of aromatic nitrogens is 2. The van der Waals surface area contributed by atoms with Gasteiger partial charge in [-0.25, -0.2) is 0 Å². The van der Waals surface area contributed by atoms with Crippen LogP contribution in [0.1, 0.15) is 31.1 Å². The maximum atomic E-state index is 8.57. The first-order valence-electron chi connectivity index (χ1n) is 5.40. The molecule has 0 aliphatic carbocycles. The molecule has 0 amide bonds. The lowest BCUT2D eigenvalue weighted by molar-refractivity contribution is 0.373. The van der Waals surface area contributed by atoms with E-state index in [9.17, 15) is 0 Å². The zero-order valence-electron chi connectivity index (χ0n) is 9.84. The molecule has 1 heterocycles. The average molecular weight is 227 g/mol. The van der Waals surface area contributed by atoms with Crippen LogP contribution in [0.5, 0.6) is 0 Å². The van der Waals surface area contributed by atoms with E-state index in [1.165, 1.54) is 0 Å². The predicted octanol–water partition coefficient (Wildman–Crippen LogP) is 2.46. The fourth-order valence-electron chi connectivity index (χ4n) is 1.63. The van der Waals surface area contributed by atoms with Crippen molar-refractivity contribution in [2.45, 2.75) is 25.7 Å². The van der Waals surface area contributed by atoms with Crippen molar-refractivity contribution in [2.24, 2.45) is 0 Å². The zero-order valence-corrected chi connectivity index (χ0v) is 9.84. The minimum absolute atomic E-state index is 0.151. The van der Waals surface area contributed by atoms with Crippen molar-refractivity contribution in [3.63, 3.8) is 0 Å². The summed E-state index contributed by atoms with van der Waals surface area (Å²) in [5.41, 5.74) is 0.794. The fourth-order valence-corrected chi connectivity index (χ4v) is 1.63. The molecule has 0 radical (unpaired) electrons. The van der Waals surface area contributed by atoms with Crippen LogP contribution >= 0.6 is 0 Å². The third kappa shape index (κ3) is 2.18. The molecule has 0 N–H and O–H groups in total. The smallest absolute Gasteiger partial charge is 0.240 e. The molecule has 4 nitrogen and oxygen atoms in total. The van der Waals surface area contributed by atoms with Gasteiger partial charge in [-0.3, -0.25) is 0 Å². The van der Waals surface area contributed by atoms with Crippen LogP contribution < -0.4 is 0 Å². The van der Waals surface area contributed by atoms with E-state index in [1.807, 2.05) is 50.2 Å². The van der Waals surface area contributed by atoms with E-state index in [-0.39, 0.29) is 11.8 Å². The highest BCUT2D eigenvalue weighted by Crippen LogP contribution is 2.28. The van der Waals surface area contributed by atoms with E-state index in [4.69, 9.17) is 9.78 Å². The van der Waals surface area contributed by atoms with Crippen molar-refractivity contribution in [1.29, 1.82) is 5.26 Å². The highest BCUT2D eigenvalue weighted by molar-refractivity contribution is 5.30. The standard InChI is InChI=1S/C13H13N3O/c1-13(2,10-6-4-3-5-7-10)12-15-11(8-9-14)17-16-12/h3-7H,8H2,1-2H3. The Morgan fingerprint density at radius 2 is 2.00 bits per heavy atom. The Morgan fingerprint density at radius 1 is 1.29 bits per heavy atom. The average Bonchev–Trinajstić information content (AvgIpc) is 2.80. The molecule has 0 aliphatic rings. The molecule has 1 aromatic heterocycles. The molecular formula is C13H13N3O. The second-order valence-corrected chi connectivity index (χ2v) is 4.34. The molecule has 2 aromatic rings. The number of benzene rings is 1. The Bertz CT molecular complexity index is 537. The van der Waals surface area contributed by atoms with Gasteiger partial charge in [-0.15, -0.1) is 0 Å². The normalized spacial score (nSPS) is 11.1. The molecule has 0 unspecified atom stereocenters. The molecule has 17 heavy (non-hydrogen) atoms. The maximum absolute atomic E-state index is 8.57. The molecule has 4 heteroatoms. The Morgan fingerprint density at radius 3 is 2.65 bits per heavy atom. The Kier molecular flexibility index (Phi) is 2.92. The first-order valence-corrected chi connectivity index (χ1v) is 5.40. The van der Waals surface area contributed by atoms with Crippen LogP contribution in [0, 0.1) is 11.3 Å². The monoisotopic (exact) mass is 227 g/mol. The van der Waals surface area contributed by atoms with Crippen molar-refractivity contribution in [2.75, 3.05) is 0 Å². The van der Waals surface area contributed by atoms with Gasteiger partial charge in [0.05, 0.1) is 11.5 Å². The SMILES string of the molecule is CC(C)(c1ccccc1)c1noc(CC#N)n1. The summed E-state index contributed by atoms with van der Waals surface area (Å²) in [7, 11) is 0. The first kappa shape index (κ1) is 11.3.